The number of nitrogens with zero attached hydrogens (tertiary/aromatic N) is 1. The van der Waals surface area contributed by atoms with E-state index in [0.717, 1.165) is 18.4 Å². The van der Waals surface area contributed by atoms with Crippen molar-refractivity contribution < 1.29 is 98.0 Å². The van der Waals surface area contributed by atoms with Crippen LogP contribution >= 0.6 is 82.6 Å². The van der Waals surface area contributed by atoms with E-state index < -0.39 is 116 Å². The van der Waals surface area contributed by atoms with Crippen molar-refractivity contribution in [3.05, 3.63) is 145 Å². The smallest absolute Gasteiger partial charge is 0.312 e. The molecule has 0 radical (unpaired) electrons. The number of nitrogens with two attached hydrogens (primary N) is 2. The van der Waals surface area contributed by atoms with Crippen molar-refractivity contribution in [3.63, 3.8) is 0 Å². The quantitative estimate of drug-likeness (QED) is 0.0230. The second-order valence-electron chi connectivity index (χ2n) is 19.0. The number of aliphatic hydroxyl groups is 2. The van der Waals surface area contributed by atoms with Crippen LogP contribution in [0.1, 0.15) is 85.1 Å². The molecule has 1 aliphatic carbocycles. The van der Waals surface area contributed by atoms with Crippen LogP contribution in [0.4, 0.5) is 17.1 Å². The van der Waals surface area contributed by atoms with Crippen molar-refractivity contribution in [2.75, 3.05) is 18.6 Å². The summed E-state index contributed by atoms with van der Waals surface area (Å²) in [4.78, 5) is 75.8. The van der Waals surface area contributed by atoms with Crippen molar-refractivity contribution in [1.29, 1.82) is 0 Å². The number of ether oxygens (including phenoxy) is 4. The number of nitro groups is 1. The fourth-order valence-electron chi connectivity index (χ4n) is 8.40. The van der Waals surface area contributed by atoms with E-state index in [0.29, 0.717) is 23.5 Å². The fourth-order valence-corrected chi connectivity index (χ4v) is 9.89. The van der Waals surface area contributed by atoms with Gasteiger partial charge >= 0.3 is 17.4 Å². The van der Waals surface area contributed by atoms with Gasteiger partial charge in [-0.05, 0) is 92.0 Å². The van der Waals surface area contributed by atoms with Crippen molar-refractivity contribution in [2.24, 2.45) is 23.7 Å². The molecule has 1 amide bonds. The first-order valence-corrected chi connectivity index (χ1v) is 27.8. The summed E-state index contributed by atoms with van der Waals surface area (Å²) < 4.78 is 24.8. The Morgan fingerprint density at radius 2 is 1.30 bits per heavy atom. The fraction of sp³-hybridized carbons (Fsp3) is 0.327. The predicted molar refractivity (Wildman–Crippen MR) is 317 cm³/mol. The zero-order chi connectivity index (χ0) is 62.2. The minimum Gasteiger partial charge on any atom is -0.507 e. The number of nitro benzene ring substituents is 1. The Labute approximate surface area is 529 Å². The summed E-state index contributed by atoms with van der Waals surface area (Å²) in [5.74, 6) is -9.32. The number of benzene rings is 4. The maximum absolute atomic E-state index is 13.9. The Hall–Kier alpha value is -5.60. The van der Waals surface area contributed by atoms with E-state index in [-0.39, 0.29) is 75.4 Å². The van der Waals surface area contributed by atoms with Gasteiger partial charge in [-0.15, -0.1) is 0 Å². The van der Waals surface area contributed by atoms with Gasteiger partial charge in [-0.1, -0.05) is 80.7 Å². The molecule has 11 N–H and O–H groups in total. The van der Waals surface area contributed by atoms with E-state index >= 15 is 0 Å². The van der Waals surface area contributed by atoms with E-state index in [2.05, 4.69) is 53.1 Å². The molecule has 0 saturated heterocycles. The van der Waals surface area contributed by atoms with Crippen LogP contribution in [0, 0.1) is 40.7 Å². The molecule has 21 nitrogen and oxygen atoms in total. The van der Waals surface area contributed by atoms with E-state index in [1.807, 2.05) is 0 Å². The van der Waals surface area contributed by atoms with Gasteiger partial charge in [0.25, 0.3) is 11.7 Å². The molecule has 3 aliphatic heterocycles. The number of hydrogen-bond donors (Lipinski definition) is 9. The number of carbonyl (C=O) groups excluding carboxylic acids is 5. The van der Waals surface area contributed by atoms with E-state index in [1.165, 1.54) is 77.3 Å². The number of esters is 1. The molecule has 4 aliphatic rings. The number of aliphatic hydroxyl groups excluding tert-OH is 2. The second kappa shape index (κ2) is 30.5. The van der Waals surface area contributed by atoms with Crippen LogP contribution in [-0.2, 0) is 43.3 Å². The zero-order valence-corrected chi connectivity index (χ0v) is 55.8. The first kappa shape index (κ1) is 71.7. The number of ketones is 3. The van der Waals surface area contributed by atoms with Crippen molar-refractivity contribution in [3.8, 4) is 28.7 Å². The minimum absolute atomic E-state index is 0. The first-order valence-electron chi connectivity index (χ1n) is 24.3. The summed E-state index contributed by atoms with van der Waals surface area (Å²) >= 11 is 26.1. The van der Waals surface area contributed by atoms with Gasteiger partial charge in [0.2, 0.25) is 5.78 Å². The molecule has 0 spiro atoms. The molecule has 0 fully saturated rings. The first-order chi connectivity index (χ1) is 38.1. The zero-order valence-electron chi connectivity index (χ0n) is 45.8. The monoisotopic (exact) mass is 1450 g/mol. The third kappa shape index (κ3) is 17.3. The van der Waals surface area contributed by atoms with E-state index in [9.17, 15) is 49.4 Å². The van der Waals surface area contributed by atoms with Gasteiger partial charge in [0.05, 0.1) is 78.3 Å². The number of allylic oxidation sites excluding steroid dienone is 4. The number of halogens is 6. The third-order valence-corrected chi connectivity index (χ3v) is 16.7. The summed E-state index contributed by atoms with van der Waals surface area (Å²) in [6.07, 6.45) is 4.31. The standard InChI is InChI=1S/C37H45NO12.C6H3BrClNO3.2C6H5BrClNO.Zn/c1-16-11-10-12-17(2)36(46)38-23-15-24(40)26-27(32(23)44)31(43)21(6)34-28(26)35(45)37(8,50-34)48-14-13-25(47-9)18(3)33(49-22(7)39)20(5)30(42)19(4)29(16)41;7-3-1-6(10)5(9(11)12)2-4(3)8;2*7-3-1-6(10)5(9)2-4(3)8;/h10-16,18-20,25,29-30,33,41-43H,1-9H3,(H,38,46);1-2,10H;2*1-2,10H,9H2;/b11-10+,14-13+,17-12-;;;;/t16-,18+,19+,20+,25-,29-,30+,33+,37-;;;;/m0..../s1. The maximum atomic E-state index is 13.9. The number of aromatic hydroxyl groups is 4. The number of fused-ring (bicyclic) bond motifs is 14. The van der Waals surface area contributed by atoms with E-state index in [4.69, 9.17) is 80.5 Å². The van der Waals surface area contributed by atoms with Crippen LogP contribution in [0.3, 0.4) is 0 Å². The van der Waals surface area contributed by atoms with Crippen LogP contribution in [0.2, 0.25) is 15.1 Å². The SMILES string of the molecule is CO[C@H]1/C=C/O[C@@]2(C)Oc3c(C)c(O)c4c(c3C2=O)C(=O)C=C(NC(=O)/C(C)=C\C=C\[C@H](C)[C@H](O)[C@@H](C)[C@@H](O)[C@@H](C)[C@H](OC(C)=O)[C@@H]1C)C4=O.Nc1cc(Cl)c(Br)cc1O.Nc1cc(Cl)c(Br)cc1O.O=[N+]([O-])c1cc(Cl)c(Br)cc1O.[Zn]. The summed E-state index contributed by atoms with van der Waals surface area (Å²) in [6, 6.07) is 8.15. The largest absolute Gasteiger partial charge is 0.507 e. The summed E-state index contributed by atoms with van der Waals surface area (Å²) in [5, 5.41) is 74.6. The Morgan fingerprint density at radius 1 is 0.783 bits per heavy atom. The average Bonchev–Trinajstić information content (AvgIpc) is 2.09. The summed E-state index contributed by atoms with van der Waals surface area (Å²) in [6.45, 7) is 12.3. The maximum Gasteiger partial charge on any atom is 0.312 e. The van der Waals surface area contributed by atoms with Gasteiger partial charge in [-0.3, -0.25) is 34.1 Å². The normalized spacial score (nSPS) is 24.5. The Bertz CT molecular complexity index is 3160. The molecule has 3 heterocycles. The number of carbonyl (C=O) groups is 5. The number of nitrogens with one attached hydrogen (secondary N) is 1. The van der Waals surface area contributed by atoms with E-state index in [1.54, 1.807) is 39.8 Å². The molecule has 0 saturated carbocycles. The van der Waals surface area contributed by atoms with Gasteiger partial charge < -0.3 is 66.4 Å². The molecule has 4 aromatic rings. The Kier molecular flexibility index (Phi) is 26.3. The molecule has 0 aromatic heterocycles. The Morgan fingerprint density at radius 3 is 1.80 bits per heavy atom. The molecule has 83 heavy (non-hydrogen) atoms. The number of hydrogen-bond acceptors (Lipinski definition) is 19. The molecule has 4 aromatic carbocycles. The predicted octanol–water partition coefficient (Wildman–Crippen LogP) is 11.1. The van der Waals surface area contributed by atoms with Gasteiger partial charge in [0.15, 0.2) is 11.5 Å². The van der Waals surface area contributed by atoms with Crippen LogP contribution in [-0.4, -0.2) is 102 Å². The van der Waals surface area contributed by atoms with Crippen molar-refractivity contribution in [2.45, 2.75) is 85.6 Å². The van der Waals surface area contributed by atoms with Crippen LogP contribution in [0.25, 0.3) is 0 Å². The number of phenols is 4. The summed E-state index contributed by atoms with van der Waals surface area (Å²) in [7, 11) is 1.42. The number of rotatable bonds is 3. The molecular weight excluding hydrogens is 1400 g/mol. The van der Waals surface area contributed by atoms with Crippen molar-refractivity contribution in [1.82, 2.24) is 5.32 Å². The molecular formula is C55H58Br3Cl3N4O17Zn. The van der Waals surface area contributed by atoms with Gasteiger partial charge in [0, 0.05) is 107 Å². The second-order valence-corrected chi connectivity index (χ2v) is 22.8. The number of nitrogen functional groups attached to an aromatic ring is 2. The topological polar surface area (TPSA) is 351 Å². The third-order valence-electron chi connectivity index (χ3n) is 13.2. The molecule has 0 unspecified atom stereocenters. The van der Waals surface area contributed by atoms with Crippen LogP contribution in [0.15, 0.2) is 97.7 Å². The molecule has 9 atom stereocenters. The van der Waals surface area contributed by atoms with Crippen molar-refractivity contribution >= 4 is 129 Å². The number of phenolic OH excluding ortho intramolecular Hbond substituents is 4. The number of anilines is 2. The average molecular weight is 1460 g/mol. The molecule has 5 bridgehead atoms. The summed E-state index contributed by atoms with van der Waals surface area (Å²) in [5.41, 5.74) is 9.53. The minimum atomic E-state index is -2.03. The number of methoxy groups -OCH3 is 1. The molecule has 444 valence electrons. The van der Waals surface area contributed by atoms with Gasteiger partial charge in [-0.25, -0.2) is 0 Å². The van der Waals surface area contributed by atoms with Gasteiger partial charge in [0.1, 0.15) is 29.1 Å². The Balaban J connectivity index is 0.000000435. The number of amides is 1. The number of Topliss-reactive ketones (excluding diaryl/α,β-unsaturated/α-hetero) is 2. The van der Waals surface area contributed by atoms with Crippen LogP contribution in [0.5, 0.6) is 28.7 Å². The molecule has 8 rings (SSSR count). The molecule has 28 heteroatoms. The van der Waals surface area contributed by atoms with Crippen LogP contribution < -0.4 is 21.5 Å². The van der Waals surface area contributed by atoms with Gasteiger partial charge in [-0.2, -0.15) is 0 Å².